The predicted molar refractivity (Wildman–Crippen MR) is 102 cm³/mol. The first kappa shape index (κ1) is 17.0. The number of anilines is 1. The number of phenols is 1. The lowest BCUT2D eigenvalue weighted by molar-refractivity contribution is -0.113. The number of hydrogen-bond donors (Lipinski definition) is 2. The van der Waals surface area contributed by atoms with Crippen LogP contribution in [0.15, 0.2) is 48.2 Å². The molecule has 0 atom stereocenters. The van der Waals surface area contributed by atoms with E-state index in [0.717, 1.165) is 23.2 Å². The summed E-state index contributed by atoms with van der Waals surface area (Å²) in [6, 6.07) is 12.6. The Morgan fingerprint density at radius 1 is 1.28 bits per heavy atom. The van der Waals surface area contributed by atoms with Crippen LogP contribution < -0.4 is 15.0 Å². The second kappa shape index (κ2) is 6.94. The summed E-state index contributed by atoms with van der Waals surface area (Å²) in [7, 11) is 1.48. The van der Waals surface area contributed by atoms with Crippen LogP contribution in [0.2, 0.25) is 0 Å². The SMILES string of the molecule is CCc1ccccc1N1C(=O)/C(=C/c2ccc(O)c(OC)c2)NC1=S. The van der Waals surface area contributed by atoms with Gasteiger partial charge >= 0.3 is 0 Å². The number of phenolic OH excluding ortho intramolecular Hbond substituents is 1. The van der Waals surface area contributed by atoms with E-state index >= 15 is 0 Å². The Kier molecular flexibility index (Phi) is 4.72. The summed E-state index contributed by atoms with van der Waals surface area (Å²) in [5, 5.41) is 13.0. The maximum Gasteiger partial charge on any atom is 0.281 e. The minimum absolute atomic E-state index is 0.0457. The zero-order valence-electron chi connectivity index (χ0n) is 13.9. The molecule has 2 N–H and O–H groups in total. The molecule has 0 bridgehead atoms. The van der Waals surface area contributed by atoms with E-state index in [1.807, 2.05) is 31.2 Å². The van der Waals surface area contributed by atoms with Crippen LogP contribution in [0.3, 0.4) is 0 Å². The first-order valence-corrected chi connectivity index (χ1v) is 8.28. The molecule has 25 heavy (non-hydrogen) atoms. The van der Waals surface area contributed by atoms with Crippen LogP contribution in [0, 0.1) is 0 Å². The third-order valence-corrected chi connectivity index (χ3v) is 4.29. The summed E-state index contributed by atoms with van der Waals surface area (Å²) in [6.45, 7) is 2.04. The largest absolute Gasteiger partial charge is 0.504 e. The average molecular weight is 354 g/mol. The van der Waals surface area contributed by atoms with Gasteiger partial charge in [0.05, 0.1) is 12.8 Å². The molecule has 0 aromatic heterocycles. The fourth-order valence-corrected chi connectivity index (χ4v) is 3.02. The Bertz CT molecular complexity index is 877. The number of methoxy groups -OCH3 is 1. The predicted octanol–water partition coefficient (Wildman–Crippen LogP) is 3.23. The second-order valence-electron chi connectivity index (χ2n) is 5.54. The van der Waals surface area contributed by atoms with Crippen LogP contribution in [0.5, 0.6) is 11.5 Å². The standard InChI is InChI=1S/C19H18N2O3S/c1-3-13-6-4-5-7-15(13)21-18(23)14(20-19(21)25)10-12-8-9-16(22)17(11-12)24-2/h4-11,22H,3H2,1-2H3,(H,20,25)/b14-10-. The highest BCUT2D eigenvalue weighted by atomic mass is 32.1. The van der Waals surface area contributed by atoms with E-state index < -0.39 is 0 Å². The molecule has 1 aliphatic heterocycles. The van der Waals surface area contributed by atoms with E-state index in [9.17, 15) is 9.90 Å². The lowest BCUT2D eigenvalue weighted by Crippen LogP contribution is -2.31. The average Bonchev–Trinajstić information content (AvgIpc) is 2.90. The smallest absolute Gasteiger partial charge is 0.281 e. The second-order valence-corrected chi connectivity index (χ2v) is 5.93. The van der Waals surface area contributed by atoms with Crippen molar-refractivity contribution in [1.82, 2.24) is 5.32 Å². The highest BCUT2D eigenvalue weighted by Gasteiger charge is 2.32. The molecule has 0 unspecified atom stereocenters. The molecule has 3 rings (SSSR count). The van der Waals surface area contributed by atoms with Gasteiger partial charge in [0, 0.05) is 0 Å². The van der Waals surface area contributed by atoms with Crippen LogP contribution in [0.25, 0.3) is 6.08 Å². The minimum atomic E-state index is -0.210. The number of carbonyl (C=O) groups is 1. The zero-order valence-corrected chi connectivity index (χ0v) is 14.8. The summed E-state index contributed by atoms with van der Waals surface area (Å²) in [5.74, 6) is 0.179. The Balaban J connectivity index is 1.96. The molecule has 1 saturated heterocycles. The highest BCUT2D eigenvalue weighted by Crippen LogP contribution is 2.29. The Hall–Kier alpha value is -2.86. The first-order chi connectivity index (χ1) is 12.0. The third-order valence-electron chi connectivity index (χ3n) is 4.01. The van der Waals surface area contributed by atoms with Crippen molar-refractivity contribution in [3.63, 3.8) is 0 Å². The van der Waals surface area contributed by atoms with E-state index in [-0.39, 0.29) is 11.7 Å². The highest BCUT2D eigenvalue weighted by molar-refractivity contribution is 7.80. The maximum absolute atomic E-state index is 12.8. The van der Waals surface area contributed by atoms with Crippen molar-refractivity contribution < 1.29 is 14.6 Å². The van der Waals surface area contributed by atoms with Gasteiger partial charge < -0.3 is 15.2 Å². The van der Waals surface area contributed by atoms with Gasteiger partial charge in [-0.05, 0) is 54.0 Å². The number of nitrogens with one attached hydrogen (secondary N) is 1. The first-order valence-electron chi connectivity index (χ1n) is 7.87. The fourth-order valence-electron chi connectivity index (χ4n) is 2.73. The summed E-state index contributed by atoms with van der Waals surface area (Å²) >= 11 is 5.36. The van der Waals surface area contributed by atoms with E-state index in [1.54, 1.807) is 18.2 Å². The maximum atomic E-state index is 12.8. The van der Waals surface area contributed by atoms with Gasteiger partial charge in [-0.3, -0.25) is 9.69 Å². The van der Waals surface area contributed by atoms with Gasteiger partial charge in [0.25, 0.3) is 5.91 Å². The molecule has 5 nitrogen and oxygen atoms in total. The van der Waals surface area contributed by atoms with Crippen molar-refractivity contribution in [2.24, 2.45) is 0 Å². The number of nitrogens with zero attached hydrogens (tertiary/aromatic N) is 1. The number of benzene rings is 2. The number of hydrogen-bond acceptors (Lipinski definition) is 4. The molecule has 0 spiro atoms. The Labute approximate surface area is 151 Å². The van der Waals surface area contributed by atoms with Gasteiger partial charge in [0.1, 0.15) is 5.70 Å². The number of carbonyl (C=O) groups excluding carboxylic acids is 1. The molecule has 0 aliphatic carbocycles. The molecule has 128 valence electrons. The van der Waals surface area contributed by atoms with Crippen molar-refractivity contribution in [1.29, 1.82) is 0 Å². The van der Waals surface area contributed by atoms with Gasteiger partial charge in [0.2, 0.25) is 0 Å². The zero-order chi connectivity index (χ0) is 18.0. The van der Waals surface area contributed by atoms with Crippen molar-refractivity contribution in [2.75, 3.05) is 12.0 Å². The Morgan fingerprint density at radius 2 is 2.04 bits per heavy atom. The van der Waals surface area contributed by atoms with Gasteiger partial charge in [0.15, 0.2) is 16.6 Å². The number of thiocarbonyl (C=S) groups is 1. The lowest BCUT2D eigenvalue weighted by atomic mass is 10.1. The molecule has 1 aliphatic rings. The van der Waals surface area contributed by atoms with Crippen molar-refractivity contribution >= 4 is 35.0 Å². The van der Waals surface area contributed by atoms with Crippen LogP contribution in [0.4, 0.5) is 5.69 Å². The van der Waals surface area contributed by atoms with E-state index in [2.05, 4.69) is 5.32 Å². The fraction of sp³-hybridized carbons (Fsp3) is 0.158. The number of amides is 1. The number of ether oxygens (including phenoxy) is 1. The van der Waals surface area contributed by atoms with E-state index in [4.69, 9.17) is 17.0 Å². The van der Waals surface area contributed by atoms with Crippen molar-refractivity contribution in [3.05, 3.63) is 59.3 Å². The molecule has 1 amide bonds. The van der Waals surface area contributed by atoms with E-state index in [1.165, 1.54) is 18.1 Å². The molecule has 1 fully saturated rings. The third kappa shape index (κ3) is 3.21. The number of para-hydroxylation sites is 1. The molecule has 6 heteroatoms. The monoisotopic (exact) mass is 354 g/mol. The van der Waals surface area contributed by atoms with Crippen LogP contribution in [0.1, 0.15) is 18.1 Å². The molecule has 1 heterocycles. The minimum Gasteiger partial charge on any atom is -0.504 e. The summed E-state index contributed by atoms with van der Waals surface area (Å²) in [6.07, 6.45) is 2.49. The van der Waals surface area contributed by atoms with Gasteiger partial charge in [-0.15, -0.1) is 0 Å². The quantitative estimate of drug-likeness (QED) is 0.652. The number of rotatable bonds is 4. The van der Waals surface area contributed by atoms with Crippen LogP contribution >= 0.6 is 12.2 Å². The summed E-state index contributed by atoms with van der Waals surface area (Å²) in [4.78, 5) is 14.3. The molecule has 2 aromatic carbocycles. The molecule has 0 radical (unpaired) electrons. The Morgan fingerprint density at radius 3 is 2.76 bits per heavy atom. The summed E-state index contributed by atoms with van der Waals surface area (Å²) < 4.78 is 5.10. The van der Waals surface area contributed by atoms with Crippen molar-refractivity contribution in [2.45, 2.75) is 13.3 Å². The number of aryl methyl sites for hydroxylation is 1. The van der Waals surface area contributed by atoms with Crippen LogP contribution in [-0.4, -0.2) is 23.2 Å². The molecular formula is C19H18N2O3S. The van der Waals surface area contributed by atoms with Crippen LogP contribution in [-0.2, 0) is 11.2 Å². The van der Waals surface area contributed by atoms with Crippen molar-refractivity contribution in [3.8, 4) is 11.5 Å². The molecular weight excluding hydrogens is 336 g/mol. The number of aromatic hydroxyl groups is 1. The topological polar surface area (TPSA) is 61.8 Å². The van der Waals surface area contributed by atoms with Gasteiger partial charge in [-0.25, -0.2) is 0 Å². The lowest BCUT2D eigenvalue weighted by Gasteiger charge is -2.17. The molecule has 2 aromatic rings. The van der Waals surface area contributed by atoms with E-state index in [0.29, 0.717) is 16.6 Å². The van der Waals surface area contributed by atoms with Gasteiger partial charge in [-0.2, -0.15) is 0 Å². The summed E-state index contributed by atoms with van der Waals surface area (Å²) in [5.41, 5.74) is 2.94. The van der Waals surface area contributed by atoms with Gasteiger partial charge in [-0.1, -0.05) is 31.2 Å². The molecule has 0 saturated carbocycles. The normalized spacial score (nSPS) is 15.6.